The third-order valence-electron chi connectivity index (χ3n) is 3.32. The first-order valence-corrected chi connectivity index (χ1v) is 8.21. The van der Waals surface area contributed by atoms with Gasteiger partial charge in [-0.05, 0) is 42.4 Å². The molecule has 0 unspecified atom stereocenters. The standard InChI is InChI=1S/C18H21N3O2S/c1-2-23-17(22)12-20-18(24)21(13-15-6-4-3-5-7-15)14-16-8-10-19-11-9-16/h3-11H,2,12-14H2,1H3,(H,20,24). The molecule has 0 saturated heterocycles. The second-order valence-electron chi connectivity index (χ2n) is 5.16. The molecule has 0 saturated carbocycles. The molecule has 6 heteroatoms. The molecule has 1 aromatic heterocycles. The molecule has 1 N–H and O–H groups in total. The van der Waals surface area contributed by atoms with E-state index in [1.54, 1.807) is 19.3 Å². The van der Waals surface area contributed by atoms with E-state index >= 15 is 0 Å². The third kappa shape index (κ3) is 5.96. The van der Waals surface area contributed by atoms with Gasteiger partial charge in [0.25, 0.3) is 0 Å². The quantitative estimate of drug-likeness (QED) is 0.616. The second kappa shape index (κ2) is 9.62. The number of nitrogens with one attached hydrogen (secondary N) is 1. The zero-order valence-electron chi connectivity index (χ0n) is 13.6. The van der Waals surface area contributed by atoms with E-state index in [4.69, 9.17) is 17.0 Å². The summed E-state index contributed by atoms with van der Waals surface area (Å²) in [7, 11) is 0. The van der Waals surface area contributed by atoms with Gasteiger partial charge in [0, 0.05) is 25.5 Å². The summed E-state index contributed by atoms with van der Waals surface area (Å²) in [6.45, 7) is 3.48. The lowest BCUT2D eigenvalue weighted by atomic mass is 10.2. The Labute approximate surface area is 147 Å². The van der Waals surface area contributed by atoms with E-state index in [1.807, 2.05) is 47.4 Å². The number of hydrogen-bond donors (Lipinski definition) is 1. The maximum atomic E-state index is 11.5. The Kier molecular flexibility index (Phi) is 7.17. The number of nitrogens with zero attached hydrogens (tertiary/aromatic N) is 2. The van der Waals surface area contributed by atoms with Crippen LogP contribution in [-0.4, -0.2) is 34.1 Å². The van der Waals surface area contributed by atoms with Crippen molar-refractivity contribution in [3.05, 3.63) is 66.0 Å². The number of benzene rings is 1. The second-order valence-corrected chi connectivity index (χ2v) is 5.55. The molecule has 0 atom stereocenters. The van der Waals surface area contributed by atoms with Crippen molar-refractivity contribution in [2.24, 2.45) is 0 Å². The van der Waals surface area contributed by atoms with Crippen molar-refractivity contribution in [3.63, 3.8) is 0 Å². The van der Waals surface area contributed by atoms with Gasteiger partial charge in [0.15, 0.2) is 5.11 Å². The molecular weight excluding hydrogens is 322 g/mol. The Morgan fingerprint density at radius 3 is 2.38 bits per heavy atom. The van der Waals surface area contributed by atoms with Gasteiger partial charge in [-0.2, -0.15) is 0 Å². The smallest absolute Gasteiger partial charge is 0.325 e. The maximum Gasteiger partial charge on any atom is 0.325 e. The van der Waals surface area contributed by atoms with Crippen molar-refractivity contribution in [3.8, 4) is 0 Å². The minimum Gasteiger partial charge on any atom is -0.465 e. The lowest BCUT2D eigenvalue weighted by Crippen LogP contribution is -2.41. The summed E-state index contributed by atoms with van der Waals surface area (Å²) in [6, 6.07) is 14.0. The molecule has 2 rings (SSSR count). The average Bonchev–Trinajstić information content (AvgIpc) is 2.61. The Hall–Kier alpha value is -2.47. The molecule has 2 aromatic rings. The molecule has 1 aromatic carbocycles. The van der Waals surface area contributed by atoms with Crippen LogP contribution in [-0.2, 0) is 22.6 Å². The van der Waals surface area contributed by atoms with Gasteiger partial charge in [-0.1, -0.05) is 30.3 Å². The SMILES string of the molecule is CCOC(=O)CNC(=S)N(Cc1ccccc1)Cc1ccncc1. The molecule has 126 valence electrons. The number of pyridine rings is 1. The first-order valence-electron chi connectivity index (χ1n) is 7.80. The van der Waals surface area contributed by atoms with Crippen LogP contribution in [0.15, 0.2) is 54.9 Å². The fourth-order valence-corrected chi connectivity index (χ4v) is 2.38. The van der Waals surface area contributed by atoms with Crippen LogP contribution >= 0.6 is 12.2 Å². The molecule has 1 heterocycles. The highest BCUT2D eigenvalue weighted by molar-refractivity contribution is 7.80. The molecule has 5 nitrogen and oxygen atoms in total. The van der Waals surface area contributed by atoms with Crippen molar-refractivity contribution >= 4 is 23.3 Å². The Morgan fingerprint density at radius 1 is 1.12 bits per heavy atom. The minimum absolute atomic E-state index is 0.0638. The highest BCUT2D eigenvalue weighted by atomic mass is 32.1. The molecular formula is C18H21N3O2S. The topological polar surface area (TPSA) is 54.5 Å². The molecule has 0 aliphatic carbocycles. The zero-order chi connectivity index (χ0) is 17.2. The summed E-state index contributed by atoms with van der Waals surface area (Å²) in [6.07, 6.45) is 3.51. The molecule has 0 aliphatic heterocycles. The fraction of sp³-hybridized carbons (Fsp3) is 0.278. The Morgan fingerprint density at radius 2 is 1.75 bits per heavy atom. The largest absolute Gasteiger partial charge is 0.465 e. The number of esters is 1. The van der Waals surface area contributed by atoms with Gasteiger partial charge < -0.3 is 15.0 Å². The summed E-state index contributed by atoms with van der Waals surface area (Å²) in [5, 5.41) is 3.49. The number of thiocarbonyl (C=S) groups is 1. The number of hydrogen-bond acceptors (Lipinski definition) is 4. The highest BCUT2D eigenvalue weighted by Gasteiger charge is 2.12. The number of carbonyl (C=O) groups excluding carboxylic acids is 1. The summed E-state index contributed by atoms with van der Waals surface area (Å²) in [4.78, 5) is 17.6. The monoisotopic (exact) mass is 343 g/mol. The average molecular weight is 343 g/mol. The van der Waals surface area contributed by atoms with E-state index in [9.17, 15) is 4.79 Å². The van der Waals surface area contributed by atoms with Gasteiger partial charge >= 0.3 is 5.97 Å². The van der Waals surface area contributed by atoms with Crippen LogP contribution in [0.2, 0.25) is 0 Å². The van der Waals surface area contributed by atoms with Crippen LogP contribution in [0.4, 0.5) is 0 Å². The van der Waals surface area contributed by atoms with E-state index in [2.05, 4.69) is 10.3 Å². The minimum atomic E-state index is -0.316. The molecule has 0 bridgehead atoms. The molecule has 0 amide bonds. The van der Waals surface area contributed by atoms with Crippen molar-refractivity contribution in [1.82, 2.24) is 15.2 Å². The maximum absolute atomic E-state index is 11.5. The van der Waals surface area contributed by atoms with Crippen molar-refractivity contribution in [2.45, 2.75) is 20.0 Å². The van der Waals surface area contributed by atoms with Crippen LogP contribution in [0.5, 0.6) is 0 Å². The van der Waals surface area contributed by atoms with E-state index in [1.165, 1.54) is 0 Å². The van der Waals surface area contributed by atoms with Crippen LogP contribution in [0.3, 0.4) is 0 Å². The zero-order valence-corrected chi connectivity index (χ0v) is 14.5. The van der Waals surface area contributed by atoms with Crippen LogP contribution in [0.1, 0.15) is 18.1 Å². The molecule has 0 radical (unpaired) electrons. The molecule has 0 aliphatic rings. The van der Waals surface area contributed by atoms with Crippen molar-refractivity contribution < 1.29 is 9.53 Å². The van der Waals surface area contributed by atoms with Gasteiger partial charge in [0.1, 0.15) is 6.54 Å². The normalized spacial score (nSPS) is 10.0. The predicted octanol–water partition coefficient (Wildman–Crippen LogP) is 2.52. The highest BCUT2D eigenvalue weighted by Crippen LogP contribution is 2.10. The van der Waals surface area contributed by atoms with Gasteiger partial charge in [-0.25, -0.2) is 0 Å². The Balaban J connectivity index is 2.03. The van der Waals surface area contributed by atoms with Crippen molar-refractivity contribution in [1.29, 1.82) is 0 Å². The third-order valence-corrected chi connectivity index (χ3v) is 3.72. The fourth-order valence-electron chi connectivity index (χ4n) is 2.18. The molecule has 0 fully saturated rings. The van der Waals surface area contributed by atoms with E-state index in [0.717, 1.165) is 11.1 Å². The van der Waals surface area contributed by atoms with Crippen molar-refractivity contribution in [2.75, 3.05) is 13.2 Å². The van der Waals surface area contributed by atoms with Gasteiger partial charge in [0.2, 0.25) is 0 Å². The Bertz CT molecular complexity index is 608. The van der Waals surface area contributed by atoms with Gasteiger partial charge in [-0.3, -0.25) is 9.78 Å². The number of carbonyl (C=O) groups is 1. The first-order chi connectivity index (χ1) is 11.7. The number of ether oxygens (including phenoxy) is 1. The molecule has 0 spiro atoms. The first kappa shape index (κ1) is 17.9. The number of aromatic nitrogens is 1. The lowest BCUT2D eigenvalue weighted by molar-refractivity contribution is -0.141. The summed E-state index contributed by atoms with van der Waals surface area (Å²) in [5.74, 6) is -0.316. The summed E-state index contributed by atoms with van der Waals surface area (Å²) < 4.78 is 4.92. The van der Waals surface area contributed by atoms with Gasteiger partial charge in [-0.15, -0.1) is 0 Å². The van der Waals surface area contributed by atoms with Crippen LogP contribution in [0.25, 0.3) is 0 Å². The van der Waals surface area contributed by atoms with E-state index in [0.29, 0.717) is 24.8 Å². The van der Waals surface area contributed by atoms with Gasteiger partial charge in [0.05, 0.1) is 6.61 Å². The predicted molar refractivity (Wildman–Crippen MR) is 97.2 cm³/mol. The van der Waals surface area contributed by atoms with E-state index < -0.39 is 0 Å². The van der Waals surface area contributed by atoms with Crippen LogP contribution < -0.4 is 5.32 Å². The lowest BCUT2D eigenvalue weighted by Gasteiger charge is -2.26. The summed E-state index contributed by atoms with van der Waals surface area (Å²) >= 11 is 5.47. The number of rotatable bonds is 7. The summed E-state index contributed by atoms with van der Waals surface area (Å²) in [5.41, 5.74) is 2.24. The molecule has 24 heavy (non-hydrogen) atoms. The van der Waals surface area contributed by atoms with Crippen LogP contribution in [0, 0.1) is 0 Å². The van der Waals surface area contributed by atoms with E-state index in [-0.39, 0.29) is 12.5 Å².